The molecule has 0 N–H and O–H groups in total. The molecule has 1 heterocycles. The van der Waals surface area contributed by atoms with Crippen LogP contribution in [-0.2, 0) is 11.4 Å². The van der Waals surface area contributed by atoms with Crippen LogP contribution in [0.2, 0.25) is 0 Å². The highest BCUT2D eigenvalue weighted by Gasteiger charge is 2.32. The third-order valence-corrected chi connectivity index (χ3v) is 5.19. The Bertz CT molecular complexity index is 899. The quantitative estimate of drug-likeness (QED) is 0.533. The molecule has 1 amide bonds. The van der Waals surface area contributed by atoms with Crippen molar-refractivity contribution in [1.29, 1.82) is 0 Å². The van der Waals surface area contributed by atoms with Gasteiger partial charge in [0, 0.05) is 14.1 Å². The molecule has 2 aromatic rings. The highest BCUT2D eigenvalue weighted by atomic mass is 79.9. The van der Waals surface area contributed by atoms with E-state index in [0.29, 0.717) is 23.2 Å². The van der Waals surface area contributed by atoms with E-state index in [-0.39, 0.29) is 11.7 Å². The molecule has 4 nitrogen and oxygen atoms in total. The van der Waals surface area contributed by atoms with Crippen molar-refractivity contribution in [3.63, 3.8) is 0 Å². The number of amides is 1. The van der Waals surface area contributed by atoms with Gasteiger partial charge in [-0.05, 0) is 69.6 Å². The van der Waals surface area contributed by atoms with Crippen molar-refractivity contribution < 1.29 is 13.9 Å². The Morgan fingerprint density at radius 3 is 2.42 bits per heavy atom. The largest absolute Gasteiger partial charge is 0.488 e. The number of ether oxygens (including phenoxy) is 1. The van der Waals surface area contributed by atoms with Crippen molar-refractivity contribution in [3.05, 3.63) is 69.6 Å². The Morgan fingerprint density at radius 2 is 1.85 bits per heavy atom. The molecule has 134 valence electrons. The van der Waals surface area contributed by atoms with Crippen molar-refractivity contribution in [3.8, 4) is 5.75 Å². The molecule has 0 bridgehead atoms. The minimum absolute atomic E-state index is 0.134. The van der Waals surface area contributed by atoms with Crippen LogP contribution >= 0.6 is 28.1 Å². The summed E-state index contributed by atoms with van der Waals surface area (Å²) in [7, 11) is 3.43. The topological polar surface area (TPSA) is 32.8 Å². The lowest BCUT2D eigenvalue weighted by Gasteiger charge is -2.12. The van der Waals surface area contributed by atoms with Gasteiger partial charge in [0.2, 0.25) is 0 Å². The summed E-state index contributed by atoms with van der Waals surface area (Å²) in [5.74, 6) is 0.254. The fourth-order valence-electron chi connectivity index (χ4n) is 2.51. The summed E-state index contributed by atoms with van der Waals surface area (Å²) in [4.78, 5) is 15.4. The smallest absolute Gasteiger partial charge is 0.276 e. The van der Waals surface area contributed by atoms with E-state index in [2.05, 4.69) is 15.9 Å². The number of rotatable bonds is 4. The molecule has 1 aliphatic heterocycles. The fourth-order valence-corrected chi connectivity index (χ4v) is 3.20. The summed E-state index contributed by atoms with van der Waals surface area (Å²) >= 11 is 8.69. The highest BCUT2D eigenvalue weighted by molar-refractivity contribution is 9.10. The zero-order chi connectivity index (χ0) is 18.8. The lowest BCUT2D eigenvalue weighted by molar-refractivity contribution is -0.121. The molecule has 0 aliphatic carbocycles. The van der Waals surface area contributed by atoms with Crippen LogP contribution in [0.3, 0.4) is 0 Å². The van der Waals surface area contributed by atoms with Gasteiger partial charge in [-0.1, -0.05) is 18.2 Å². The van der Waals surface area contributed by atoms with E-state index in [9.17, 15) is 9.18 Å². The monoisotopic (exact) mass is 434 g/mol. The average molecular weight is 435 g/mol. The number of halogens is 2. The maximum atomic E-state index is 12.9. The molecule has 0 saturated carbocycles. The van der Waals surface area contributed by atoms with Gasteiger partial charge < -0.3 is 9.64 Å². The zero-order valence-electron chi connectivity index (χ0n) is 14.2. The Labute approximate surface area is 165 Å². The summed E-state index contributed by atoms with van der Waals surface area (Å²) in [5.41, 5.74) is 2.24. The predicted octanol–water partition coefficient (Wildman–Crippen LogP) is 4.20. The molecule has 1 saturated heterocycles. The number of carbonyl (C=O) groups is 1. The molecule has 0 unspecified atom stereocenters. The summed E-state index contributed by atoms with van der Waals surface area (Å²) in [6, 6.07) is 11.7. The molecule has 7 heteroatoms. The molecule has 1 fully saturated rings. The van der Waals surface area contributed by atoms with Crippen LogP contribution in [0.4, 0.5) is 4.39 Å². The van der Waals surface area contributed by atoms with Gasteiger partial charge in [-0.2, -0.15) is 0 Å². The molecule has 2 aromatic carbocycles. The first kappa shape index (κ1) is 18.5. The van der Waals surface area contributed by atoms with Crippen molar-refractivity contribution in [2.24, 2.45) is 0 Å². The van der Waals surface area contributed by atoms with Gasteiger partial charge in [-0.15, -0.1) is 0 Å². The third-order valence-electron chi connectivity index (χ3n) is 4.03. The standard InChI is InChI=1S/C19H16BrFN2O2S/c1-22-16(18(24)23(2)19(22)26)10-13-5-8-17(15(20)9-13)25-11-12-3-6-14(21)7-4-12/h3-10H,11H2,1-2H3/b16-10-. The third kappa shape index (κ3) is 3.78. The van der Waals surface area contributed by atoms with Crippen LogP contribution in [0.25, 0.3) is 6.08 Å². The number of benzene rings is 2. The minimum Gasteiger partial charge on any atom is -0.488 e. The number of carbonyl (C=O) groups excluding carboxylic acids is 1. The van der Waals surface area contributed by atoms with Crippen molar-refractivity contribution in [2.75, 3.05) is 14.1 Å². The summed E-state index contributed by atoms with van der Waals surface area (Å²) in [6.45, 7) is 0.333. The first-order chi connectivity index (χ1) is 12.4. The van der Waals surface area contributed by atoms with E-state index in [0.717, 1.165) is 15.6 Å². The van der Waals surface area contributed by atoms with Crippen LogP contribution in [0.15, 0.2) is 52.6 Å². The molecule has 26 heavy (non-hydrogen) atoms. The van der Waals surface area contributed by atoms with E-state index in [1.807, 2.05) is 18.2 Å². The van der Waals surface area contributed by atoms with E-state index in [1.54, 1.807) is 37.2 Å². The van der Waals surface area contributed by atoms with Crippen molar-refractivity contribution in [2.45, 2.75) is 6.61 Å². The van der Waals surface area contributed by atoms with E-state index in [4.69, 9.17) is 17.0 Å². The van der Waals surface area contributed by atoms with Gasteiger partial charge in [0.25, 0.3) is 5.91 Å². The molecule has 0 atom stereocenters. The maximum Gasteiger partial charge on any atom is 0.276 e. The van der Waals surface area contributed by atoms with Gasteiger partial charge in [0.1, 0.15) is 23.9 Å². The Balaban J connectivity index is 1.75. The summed E-state index contributed by atoms with van der Waals surface area (Å²) in [6.07, 6.45) is 1.78. The molecule has 1 aliphatic rings. The predicted molar refractivity (Wildman–Crippen MR) is 106 cm³/mol. The number of nitrogens with zero attached hydrogens (tertiary/aromatic N) is 2. The van der Waals surface area contributed by atoms with Crippen LogP contribution in [0.1, 0.15) is 11.1 Å². The molecule has 0 radical (unpaired) electrons. The van der Waals surface area contributed by atoms with Gasteiger partial charge >= 0.3 is 0 Å². The second-order valence-electron chi connectivity index (χ2n) is 5.84. The number of likely N-dealkylation sites (N-methyl/N-ethyl adjacent to an activating group) is 2. The van der Waals surface area contributed by atoms with Crippen molar-refractivity contribution >= 4 is 45.2 Å². The first-order valence-corrected chi connectivity index (χ1v) is 9.01. The minimum atomic E-state index is -0.274. The average Bonchev–Trinajstić information content (AvgIpc) is 2.80. The lowest BCUT2D eigenvalue weighted by Crippen LogP contribution is -2.26. The Hall–Kier alpha value is -2.25. The SMILES string of the molecule is CN1C(=O)/C(=C/c2ccc(OCc3ccc(F)cc3)c(Br)c2)N(C)C1=S. The normalized spacial score (nSPS) is 15.9. The van der Waals surface area contributed by atoms with Crippen LogP contribution in [0, 0.1) is 5.82 Å². The molecule has 0 spiro atoms. The van der Waals surface area contributed by atoms with Crippen LogP contribution in [-0.4, -0.2) is 34.9 Å². The molecule has 3 rings (SSSR count). The van der Waals surface area contributed by atoms with E-state index in [1.165, 1.54) is 17.0 Å². The lowest BCUT2D eigenvalue weighted by atomic mass is 10.1. The summed E-state index contributed by atoms with van der Waals surface area (Å²) in [5, 5.41) is 0.472. The second-order valence-corrected chi connectivity index (χ2v) is 7.06. The number of thiocarbonyl (C=S) groups is 1. The molecule has 0 aromatic heterocycles. The van der Waals surface area contributed by atoms with Gasteiger partial charge in [-0.25, -0.2) is 4.39 Å². The fraction of sp³-hybridized carbons (Fsp3) is 0.158. The van der Waals surface area contributed by atoms with E-state index >= 15 is 0 Å². The summed E-state index contributed by atoms with van der Waals surface area (Å²) < 4.78 is 19.5. The Morgan fingerprint density at radius 1 is 1.15 bits per heavy atom. The molecular weight excluding hydrogens is 419 g/mol. The highest BCUT2D eigenvalue weighted by Crippen LogP contribution is 2.29. The number of hydrogen-bond acceptors (Lipinski definition) is 3. The van der Waals surface area contributed by atoms with Gasteiger partial charge in [0.15, 0.2) is 5.11 Å². The van der Waals surface area contributed by atoms with Crippen molar-refractivity contribution in [1.82, 2.24) is 9.80 Å². The zero-order valence-corrected chi connectivity index (χ0v) is 16.6. The maximum absolute atomic E-state index is 12.9. The van der Waals surface area contributed by atoms with Crippen LogP contribution < -0.4 is 4.74 Å². The van der Waals surface area contributed by atoms with Gasteiger partial charge in [-0.3, -0.25) is 9.69 Å². The molecular formula is C19H16BrFN2O2S. The van der Waals surface area contributed by atoms with Crippen LogP contribution in [0.5, 0.6) is 5.75 Å². The second kappa shape index (κ2) is 7.55. The number of hydrogen-bond donors (Lipinski definition) is 0. The Kier molecular flexibility index (Phi) is 5.38. The van der Waals surface area contributed by atoms with Gasteiger partial charge in [0.05, 0.1) is 4.47 Å². The first-order valence-electron chi connectivity index (χ1n) is 7.81. The van der Waals surface area contributed by atoms with E-state index < -0.39 is 0 Å².